The number of likely N-dealkylation sites (tertiary alicyclic amines) is 1. The number of rotatable bonds is 7. The van der Waals surface area contributed by atoms with E-state index >= 15 is 0 Å². The molecule has 1 aromatic heterocycles. The van der Waals surface area contributed by atoms with Crippen LogP contribution in [0.25, 0.3) is 0 Å². The number of hydrogen-bond acceptors (Lipinski definition) is 4. The van der Waals surface area contributed by atoms with E-state index in [-0.39, 0.29) is 24.1 Å². The molecule has 1 aliphatic rings. The first-order valence-electron chi connectivity index (χ1n) is 7.76. The number of thiophene rings is 1. The van der Waals surface area contributed by atoms with E-state index in [0.29, 0.717) is 18.8 Å². The van der Waals surface area contributed by atoms with E-state index in [1.807, 2.05) is 22.4 Å². The molecule has 0 aliphatic carbocycles. The third-order valence-corrected chi connectivity index (χ3v) is 4.92. The number of amides is 1. The van der Waals surface area contributed by atoms with Crippen LogP contribution >= 0.6 is 23.7 Å². The van der Waals surface area contributed by atoms with Gasteiger partial charge in [0, 0.05) is 25.9 Å². The Morgan fingerprint density at radius 3 is 2.64 bits per heavy atom. The summed E-state index contributed by atoms with van der Waals surface area (Å²) in [5.41, 5.74) is 0. The molecule has 0 unspecified atom stereocenters. The van der Waals surface area contributed by atoms with Crippen LogP contribution in [0, 0.1) is 5.92 Å². The van der Waals surface area contributed by atoms with Gasteiger partial charge in [0.25, 0.3) is 0 Å². The maximum atomic E-state index is 12.2. The zero-order chi connectivity index (χ0) is 15.1. The van der Waals surface area contributed by atoms with Gasteiger partial charge >= 0.3 is 0 Å². The first kappa shape index (κ1) is 19.1. The van der Waals surface area contributed by atoms with E-state index in [2.05, 4.69) is 12.2 Å². The molecule has 0 spiro atoms. The molecule has 124 valence electrons. The van der Waals surface area contributed by atoms with E-state index in [1.165, 1.54) is 11.3 Å². The highest BCUT2D eigenvalue weighted by atomic mass is 35.5. The first-order valence-corrected chi connectivity index (χ1v) is 8.64. The average molecular weight is 345 g/mol. The van der Waals surface area contributed by atoms with Crippen LogP contribution in [-0.2, 0) is 4.79 Å². The number of carbonyl (C=O) groups excluding carboxylic acids is 2. The van der Waals surface area contributed by atoms with Crippen molar-refractivity contribution < 1.29 is 9.59 Å². The lowest BCUT2D eigenvalue weighted by Gasteiger charge is -2.32. The Hall–Kier alpha value is -0.910. The largest absolute Gasteiger partial charge is 0.343 e. The molecule has 0 saturated carbocycles. The van der Waals surface area contributed by atoms with Crippen molar-refractivity contribution in [2.75, 3.05) is 26.2 Å². The minimum atomic E-state index is 0. The van der Waals surface area contributed by atoms with Gasteiger partial charge in [-0.25, -0.2) is 0 Å². The fraction of sp³-hybridized carbons (Fsp3) is 0.625. The average Bonchev–Trinajstić information content (AvgIpc) is 3.05. The van der Waals surface area contributed by atoms with Crippen molar-refractivity contribution in [2.24, 2.45) is 5.92 Å². The lowest BCUT2D eigenvalue weighted by Crippen LogP contribution is -2.40. The minimum Gasteiger partial charge on any atom is -0.343 e. The van der Waals surface area contributed by atoms with Gasteiger partial charge in [0.1, 0.15) is 0 Å². The summed E-state index contributed by atoms with van der Waals surface area (Å²) in [6.07, 6.45) is 2.81. The summed E-state index contributed by atoms with van der Waals surface area (Å²) in [7, 11) is 0. The van der Waals surface area contributed by atoms with Gasteiger partial charge in [-0.3, -0.25) is 9.59 Å². The molecule has 1 amide bonds. The second-order valence-corrected chi connectivity index (χ2v) is 6.48. The van der Waals surface area contributed by atoms with Crippen LogP contribution in [0.1, 0.15) is 42.3 Å². The lowest BCUT2D eigenvalue weighted by molar-refractivity contribution is -0.132. The molecule has 1 aromatic rings. The maximum absolute atomic E-state index is 12.2. The van der Waals surface area contributed by atoms with Gasteiger partial charge < -0.3 is 10.2 Å². The predicted octanol–water partition coefficient (Wildman–Crippen LogP) is 2.98. The van der Waals surface area contributed by atoms with Crippen LogP contribution in [-0.4, -0.2) is 42.8 Å². The summed E-state index contributed by atoms with van der Waals surface area (Å²) >= 11 is 1.44. The molecule has 0 aromatic carbocycles. The molecule has 1 N–H and O–H groups in total. The first-order chi connectivity index (χ1) is 10.2. The van der Waals surface area contributed by atoms with Crippen molar-refractivity contribution in [3.05, 3.63) is 22.4 Å². The number of hydrogen-bond donors (Lipinski definition) is 1. The van der Waals surface area contributed by atoms with Crippen molar-refractivity contribution in [2.45, 2.75) is 32.6 Å². The van der Waals surface area contributed by atoms with E-state index < -0.39 is 0 Å². The van der Waals surface area contributed by atoms with E-state index in [4.69, 9.17) is 0 Å². The Balaban J connectivity index is 0.00000242. The number of carbonyl (C=O) groups is 2. The number of piperidine rings is 1. The topological polar surface area (TPSA) is 49.4 Å². The van der Waals surface area contributed by atoms with Crippen LogP contribution in [0.15, 0.2) is 17.5 Å². The van der Waals surface area contributed by atoms with Crippen molar-refractivity contribution in [1.82, 2.24) is 10.2 Å². The molecule has 0 atom stereocenters. The van der Waals surface area contributed by atoms with Crippen LogP contribution < -0.4 is 5.32 Å². The Morgan fingerprint density at radius 2 is 2.05 bits per heavy atom. The molecule has 1 saturated heterocycles. The van der Waals surface area contributed by atoms with Gasteiger partial charge in [0.05, 0.1) is 4.88 Å². The summed E-state index contributed by atoms with van der Waals surface area (Å²) in [6, 6.07) is 3.69. The van der Waals surface area contributed by atoms with Crippen LogP contribution in [0.3, 0.4) is 0 Å². The summed E-state index contributed by atoms with van der Waals surface area (Å²) in [4.78, 5) is 26.7. The molecule has 2 heterocycles. The molecule has 1 fully saturated rings. The number of Topliss-reactive ketones (excluding diaryl/α,β-unsaturated/α-hetero) is 1. The van der Waals surface area contributed by atoms with Crippen molar-refractivity contribution in [1.29, 1.82) is 0 Å². The molecular formula is C16H25ClN2O2S. The van der Waals surface area contributed by atoms with Gasteiger partial charge in [-0.1, -0.05) is 13.0 Å². The summed E-state index contributed by atoms with van der Waals surface area (Å²) in [5.74, 6) is 0.893. The highest BCUT2D eigenvalue weighted by Crippen LogP contribution is 2.18. The Labute approximate surface area is 142 Å². The van der Waals surface area contributed by atoms with Crippen LogP contribution in [0.5, 0.6) is 0 Å². The summed E-state index contributed by atoms with van der Waals surface area (Å²) < 4.78 is 0. The Bertz CT molecular complexity index is 457. The highest BCUT2D eigenvalue weighted by molar-refractivity contribution is 7.12. The maximum Gasteiger partial charge on any atom is 0.223 e. The molecule has 1 aliphatic heterocycles. The molecular weight excluding hydrogens is 320 g/mol. The fourth-order valence-corrected chi connectivity index (χ4v) is 3.37. The summed E-state index contributed by atoms with van der Waals surface area (Å²) in [6.45, 7) is 5.84. The molecule has 6 heteroatoms. The van der Waals surface area contributed by atoms with Gasteiger partial charge in [-0.15, -0.1) is 23.7 Å². The normalized spacial score (nSPS) is 15.4. The quantitative estimate of drug-likeness (QED) is 0.773. The van der Waals surface area contributed by atoms with Gasteiger partial charge in [0.2, 0.25) is 5.91 Å². The molecule has 22 heavy (non-hydrogen) atoms. The van der Waals surface area contributed by atoms with E-state index in [1.54, 1.807) is 0 Å². The fourth-order valence-electron chi connectivity index (χ4n) is 2.67. The second-order valence-electron chi connectivity index (χ2n) is 5.53. The predicted molar refractivity (Wildman–Crippen MR) is 93.0 cm³/mol. The number of nitrogens with one attached hydrogen (secondary N) is 1. The minimum absolute atomic E-state index is 0. The lowest BCUT2D eigenvalue weighted by atomic mass is 9.96. The number of nitrogens with zero attached hydrogens (tertiary/aromatic N) is 1. The Morgan fingerprint density at radius 1 is 1.32 bits per heavy atom. The van der Waals surface area contributed by atoms with E-state index in [0.717, 1.165) is 43.9 Å². The standard InChI is InChI=1S/C16H24N2O2S.ClH/c1-2-17-12-13-7-9-18(10-8-13)16(20)6-5-14(19)15-4-3-11-21-15;/h3-4,11,13,17H,2,5-10,12H2,1H3;1H. The highest BCUT2D eigenvalue weighted by Gasteiger charge is 2.22. The molecule has 0 radical (unpaired) electrons. The Kier molecular flexibility index (Phi) is 8.68. The van der Waals surface area contributed by atoms with Crippen molar-refractivity contribution in [3.8, 4) is 0 Å². The van der Waals surface area contributed by atoms with E-state index in [9.17, 15) is 9.59 Å². The van der Waals surface area contributed by atoms with Gasteiger partial charge in [-0.05, 0) is 43.3 Å². The van der Waals surface area contributed by atoms with Crippen molar-refractivity contribution in [3.63, 3.8) is 0 Å². The number of ketones is 1. The van der Waals surface area contributed by atoms with Crippen molar-refractivity contribution >= 4 is 35.4 Å². The molecule has 4 nitrogen and oxygen atoms in total. The van der Waals surface area contributed by atoms with Gasteiger partial charge in [0.15, 0.2) is 5.78 Å². The third kappa shape index (κ3) is 5.71. The molecule has 0 bridgehead atoms. The smallest absolute Gasteiger partial charge is 0.223 e. The second kappa shape index (κ2) is 9.98. The van der Waals surface area contributed by atoms with Crippen LogP contribution in [0.4, 0.5) is 0 Å². The van der Waals surface area contributed by atoms with Gasteiger partial charge in [-0.2, -0.15) is 0 Å². The monoisotopic (exact) mass is 344 g/mol. The number of halogens is 1. The molecule has 2 rings (SSSR count). The SMILES string of the molecule is CCNCC1CCN(C(=O)CCC(=O)c2cccs2)CC1.Cl. The third-order valence-electron chi connectivity index (χ3n) is 4.01. The summed E-state index contributed by atoms with van der Waals surface area (Å²) in [5, 5.41) is 5.26. The van der Waals surface area contributed by atoms with Crippen LogP contribution in [0.2, 0.25) is 0 Å². The zero-order valence-electron chi connectivity index (χ0n) is 13.0. The zero-order valence-corrected chi connectivity index (χ0v) is 14.7.